The second-order valence-electron chi connectivity index (χ2n) is 4.78. The van der Waals surface area contributed by atoms with E-state index in [-0.39, 0.29) is 0 Å². The van der Waals surface area contributed by atoms with E-state index in [0.717, 1.165) is 4.85 Å². The molecule has 0 atom stereocenters. The molecule has 0 N–H and O–H groups in total. The van der Waals surface area contributed by atoms with Gasteiger partial charge < -0.3 is 14.0 Å². The van der Waals surface area contributed by atoms with E-state index < -0.39 is 5.97 Å². The van der Waals surface area contributed by atoms with Gasteiger partial charge >= 0.3 is 5.97 Å². The number of methoxy groups -OCH3 is 1. The molecule has 4 heterocycles. The minimum atomic E-state index is -0.545. The van der Waals surface area contributed by atoms with E-state index in [1.54, 1.807) is 60.4 Å². The van der Waals surface area contributed by atoms with Crippen LogP contribution in [0.3, 0.4) is 0 Å². The molecule has 0 saturated heterocycles. The molecule has 0 aliphatic carbocycles. The minimum Gasteiger partial charge on any atom is -0.497 e. The Hall–Kier alpha value is -3.42. The van der Waals surface area contributed by atoms with E-state index in [1.165, 1.54) is 0 Å². The number of carbonyl (C=O) groups is 1. The van der Waals surface area contributed by atoms with E-state index in [9.17, 15) is 4.79 Å². The van der Waals surface area contributed by atoms with Crippen molar-refractivity contribution in [1.82, 2.24) is 24.5 Å². The maximum atomic E-state index is 12.4. The minimum absolute atomic E-state index is 0.399. The molecular formula is C15H11N5O3. The summed E-state index contributed by atoms with van der Waals surface area (Å²) in [5.74, 6) is 0.108. The largest absolute Gasteiger partial charge is 0.497 e. The van der Waals surface area contributed by atoms with Crippen molar-refractivity contribution < 1.29 is 14.4 Å². The van der Waals surface area contributed by atoms with Gasteiger partial charge in [-0.1, -0.05) is 4.85 Å². The Kier molecular flexibility index (Phi) is 2.94. The Bertz CT molecular complexity index is 1020. The highest BCUT2D eigenvalue weighted by Crippen LogP contribution is 2.19. The Morgan fingerprint density at radius 1 is 1.17 bits per heavy atom. The maximum absolute atomic E-state index is 12.4. The Balaban J connectivity index is 1.72. The molecule has 0 saturated carbocycles. The fraction of sp³-hybridized carbons (Fsp3) is 0.0667. The summed E-state index contributed by atoms with van der Waals surface area (Å²) < 4.78 is 6.99. The second kappa shape index (κ2) is 5.09. The molecule has 0 unspecified atom stereocenters. The van der Waals surface area contributed by atoms with Crippen LogP contribution in [0.15, 0.2) is 48.9 Å². The van der Waals surface area contributed by atoms with Gasteiger partial charge in [-0.15, -0.1) is 5.10 Å². The monoisotopic (exact) mass is 309 g/mol. The third kappa shape index (κ3) is 2.16. The van der Waals surface area contributed by atoms with E-state index in [1.807, 2.05) is 0 Å². The number of nitrogens with zero attached hydrogens (tertiary/aromatic N) is 5. The van der Waals surface area contributed by atoms with Crippen LogP contribution < -0.4 is 9.57 Å². The molecule has 0 radical (unpaired) electrons. The smallest absolute Gasteiger partial charge is 0.367 e. The summed E-state index contributed by atoms with van der Waals surface area (Å²) in [6, 6.07) is 8.68. The van der Waals surface area contributed by atoms with Crippen LogP contribution in [0, 0.1) is 0 Å². The van der Waals surface area contributed by atoms with Gasteiger partial charge in [0, 0.05) is 24.7 Å². The molecule has 0 fully saturated rings. The van der Waals surface area contributed by atoms with Crippen molar-refractivity contribution in [3.05, 3.63) is 54.5 Å². The summed E-state index contributed by atoms with van der Waals surface area (Å²) in [6.07, 6.45) is 5.17. The summed E-state index contributed by atoms with van der Waals surface area (Å²) >= 11 is 0. The normalized spacial score (nSPS) is 11.0. The van der Waals surface area contributed by atoms with Gasteiger partial charge in [0.15, 0.2) is 5.52 Å². The van der Waals surface area contributed by atoms with Gasteiger partial charge in [-0.2, -0.15) is 0 Å². The molecule has 4 aromatic heterocycles. The molecule has 8 heteroatoms. The van der Waals surface area contributed by atoms with Gasteiger partial charge in [-0.3, -0.25) is 0 Å². The number of pyridine rings is 2. The van der Waals surface area contributed by atoms with E-state index >= 15 is 0 Å². The summed E-state index contributed by atoms with van der Waals surface area (Å²) in [4.78, 5) is 22.9. The van der Waals surface area contributed by atoms with E-state index in [4.69, 9.17) is 9.57 Å². The Morgan fingerprint density at radius 2 is 2.04 bits per heavy atom. The van der Waals surface area contributed by atoms with Crippen LogP contribution >= 0.6 is 0 Å². The van der Waals surface area contributed by atoms with Crippen LogP contribution in [-0.2, 0) is 0 Å². The summed E-state index contributed by atoms with van der Waals surface area (Å²) in [5.41, 5.74) is 2.00. The molecule has 114 valence electrons. The number of hydrogen-bond donors (Lipinski definition) is 0. The predicted molar refractivity (Wildman–Crippen MR) is 80.2 cm³/mol. The Morgan fingerprint density at radius 3 is 2.91 bits per heavy atom. The first-order valence-corrected chi connectivity index (χ1v) is 6.80. The number of hydrogen-bond acceptors (Lipinski definition) is 6. The van der Waals surface area contributed by atoms with Crippen molar-refractivity contribution in [2.45, 2.75) is 0 Å². The first-order chi connectivity index (χ1) is 11.3. The molecule has 4 rings (SSSR count). The fourth-order valence-corrected chi connectivity index (χ4v) is 2.32. The van der Waals surface area contributed by atoms with Crippen molar-refractivity contribution in [3.8, 4) is 5.75 Å². The zero-order valence-corrected chi connectivity index (χ0v) is 12.1. The van der Waals surface area contributed by atoms with Crippen LogP contribution in [0.2, 0.25) is 0 Å². The highest BCUT2D eigenvalue weighted by atomic mass is 16.7. The topological polar surface area (TPSA) is 83.5 Å². The maximum Gasteiger partial charge on any atom is 0.367 e. The molecule has 0 bridgehead atoms. The quantitative estimate of drug-likeness (QED) is 0.531. The van der Waals surface area contributed by atoms with Crippen molar-refractivity contribution >= 4 is 22.6 Å². The zero-order valence-electron chi connectivity index (χ0n) is 12.1. The van der Waals surface area contributed by atoms with Crippen LogP contribution in [-0.4, -0.2) is 37.6 Å². The fourth-order valence-electron chi connectivity index (χ4n) is 2.32. The number of ether oxygens (including phenoxy) is 1. The second-order valence-corrected chi connectivity index (χ2v) is 4.78. The van der Waals surface area contributed by atoms with Gasteiger partial charge in [0.25, 0.3) is 0 Å². The van der Waals surface area contributed by atoms with Gasteiger partial charge in [0.2, 0.25) is 5.65 Å². The standard InChI is InChI=1S/C15H11N5O3/c1-22-10-4-7-19-8-5-11(13(19)9-10)15(21)23-20-12-3-2-6-16-14(12)17-18-20/h2-9H,1H3. The molecular weight excluding hydrogens is 298 g/mol. The first kappa shape index (κ1) is 13.3. The van der Waals surface area contributed by atoms with E-state index in [0.29, 0.717) is 28.0 Å². The third-order valence-electron chi connectivity index (χ3n) is 3.45. The lowest BCUT2D eigenvalue weighted by Gasteiger charge is -2.04. The van der Waals surface area contributed by atoms with Gasteiger partial charge in [0.1, 0.15) is 5.75 Å². The van der Waals surface area contributed by atoms with Crippen molar-refractivity contribution in [3.63, 3.8) is 0 Å². The number of aromatic nitrogens is 5. The average Bonchev–Trinajstić information content (AvgIpc) is 3.18. The Labute approximate surface area is 129 Å². The highest BCUT2D eigenvalue weighted by Gasteiger charge is 2.17. The van der Waals surface area contributed by atoms with Crippen LogP contribution in [0.4, 0.5) is 0 Å². The summed E-state index contributed by atoms with van der Waals surface area (Å²) in [7, 11) is 1.57. The van der Waals surface area contributed by atoms with Crippen molar-refractivity contribution in [1.29, 1.82) is 0 Å². The zero-order chi connectivity index (χ0) is 15.8. The lowest BCUT2D eigenvalue weighted by atomic mass is 10.2. The molecule has 0 aromatic carbocycles. The third-order valence-corrected chi connectivity index (χ3v) is 3.45. The molecule has 0 aliphatic rings. The number of rotatable bonds is 3. The molecule has 8 nitrogen and oxygen atoms in total. The molecule has 0 spiro atoms. The summed E-state index contributed by atoms with van der Waals surface area (Å²) in [5, 5.41) is 7.63. The SMILES string of the molecule is COc1ccn2ccc(C(=O)On3nnc4ncccc43)c2c1. The number of fused-ring (bicyclic) bond motifs is 2. The molecule has 4 aromatic rings. The predicted octanol–water partition coefficient (Wildman–Crippen LogP) is 1.36. The van der Waals surface area contributed by atoms with Crippen molar-refractivity contribution in [2.75, 3.05) is 7.11 Å². The highest BCUT2D eigenvalue weighted by molar-refractivity contribution is 5.97. The number of carbonyl (C=O) groups excluding carboxylic acids is 1. The first-order valence-electron chi connectivity index (χ1n) is 6.80. The van der Waals surface area contributed by atoms with Crippen LogP contribution in [0.25, 0.3) is 16.7 Å². The lowest BCUT2D eigenvalue weighted by Crippen LogP contribution is -2.20. The van der Waals surface area contributed by atoms with E-state index in [2.05, 4.69) is 15.3 Å². The van der Waals surface area contributed by atoms with Crippen LogP contribution in [0.1, 0.15) is 10.4 Å². The average molecular weight is 309 g/mol. The van der Waals surface area contributed by atoms with Gasteiger partial charge in [-0.25, -0.2) is 9.78 Å². The summed E-state index contributed by atoms with van der Waals surface area (Å²) in [6.45, 7) is 0. The molecule has 0 amide bonds. The molecule has 0 aliphatic heterocycles. The molecule has 23 heavy (non-hydrogen) atoms. The van der Waals surface area contributed by atoms with Gasteiger partial charge in [-0.05, 0) is 29.5 Å². The van der Waals surface area contributed by atoms with Crippen molar-refractivity contribution in [2.24, 2.45) is 0 Å². The van der Waals surface area contributed by atoms with Crippen LogP contribution in [0.5, 0.6) is 5.75 Å². The van der Waals surface area contributed by atoms with Gasteiger partial charge in [0.05, 0.1) is 18.2 Å². The lowest BCUT2D eigenvalue weighted by molar-refractivity contribution is 0.0411.